The van der Waals surface area contributed by atoms with Crippen molar-refractivity contribution in [1.82, 2.24) is 5.32 Å². The molecule has 0 aliphatic heterocycles. The van der Waals surface area contributed by atoms with Crippen LogP contribution < -0.4 is 16.0 Å². The molecule has 0 fully saturated rings. The molecule has 11 heteroatoms. The van der Waals surface area contributed by atoms with Gasteiger partial charge < -0.3 is 26.0 Å². The monoisotopic (exact) mass is 525 g/mol. The lowest BCUT2D eigenvalue weighted by atomic mass is 10.00. The Balaban J connectivity index is 1.79. The van der Waals surface area contributed by atoms with Gasteiger partial charge in [0, 0.05) is 16.1 Å². The van der Waals surface area contributed by atoms with Gasteiger partial charge in [-0.15, -0.1) is 11.3 Å². The zero-order valence-electron chi connectivity index (χ0n) is 20.1. The number of carboxylic acids is 2. The Bertz CT molecular complexity index is 1310. The maximum Gasteiger partial charge on any atom is 0.338 e. The largest absolute Gasteiger partial charge is 0.479 e. The number of nitrogens with one attached hydrogen (secondary N) is 3. The van der Waals surface area contributed by atoms with Gasteiger partial charge in [0.05, 0.1) is 11.6 Å². The van der Waals surface area contributed by atoms with E-state index in [1.807, 2.05) is 6.92 Å². The Kier molecular flexibility index (Phi) is 8.99. The summed E-state index contributed by atoms with van der Waals surface area (Å²) in [5.74, 6) is -3.26. The molecule has 6 N–H and O–H groups in total. The van der Waals surface area contributed by atoms with Crippen LogP contribution in [0.3, 0.4) is 0 Å². The fraction of sp³-hybridized carbons (Fsp3) is 0.231. The third kappa shape index (κ3) is 7.15. The molecule has 3 aromatic rings. The van der Waals surface area contributed by atoms with Gasteiger partial charge in [-0.05, 0) is 49.1 Å². The summed E-state index contributed by atoms with van der Waals surface area (Å²) >= 11 is 1.12. The summed E-state index contributed by atoms with van der Waals surface area (Å²) in [6.45, 7) is 3.59. The molecule has 0 aliphatic rings. The number of aliphatic hydroxyl groups is 1. The van der Waals surface area contributed by atoms with Gasteiger partial charge in [-0.25, -0.2) is 14.4 Å². The summed E-state index contributed by atoms with van der Waals surface area (Å²) < 4.78 is 0. The van der Waals surface area contributed by atoms with Crippen LogP contribution in [0.1, 0.15) is 43.6 Å². The first kappa shape index (κ1) is 27.4. The minimum Gasteiger partial charge on any atom is -0.479 e. The van der Waals surface area contributed by atoms with Crippen LogP contribution in [0.4, 0.5) is 15.5 Å². The second-order valence-electron chi connectivity index (χ2n) is 8.26. The van der Waals surface area contributed by atoms with Crippen LogP contribution in [0.15, 0.2) is 54.6 Å². The van der Waals surface area contributed by atoms with Gasteiger partial charge in [-0.1, -0.05) is 43.3 Å². The van der Waals surface area contributed by atoms with Crippen molar-refractivity contribution in [3.8, 4) is 0 Å². The first-order valence-corrected chi connectivity index (χ1v) is 12.2. The van der Waals surface area contributed by atoms with E-state index in [-0.39, 0.29) is 22.5 Å². The predicted octanol–water partition coefficient (Wildman–Crippen LogP) is 3.75. The molecule has 0 bridgehead atoms. The third-order valence-corrected chi connectivity index (χ3v) is 6.53. The van der Waals surface area contributed by atoms with Gasteiger partial charge in [0.1, 0.15) is 5.00 Å². The van der Waals surface area contributed by atoms with Gasteiger partial charge in [0.2, 0.25) is 0 Å². The Morgan fingerprint density at radius 3 is 2.30 bits per heavy atom. The summed E-state index contributed by atoms with van der Waals surface area (Å²) in [6, 6.07) is 13.2. The average molecular weight is 526 g/mol. The molecular weight excluding hydrogens is 498 g/mol. The van der Waals surface area contributed by atoms with Gasteiger partial charge in [-0.2, -0.15) is 0 Å². The molecule has 0 spiro atoms. The number of benzene rings is 2. The molecule has 0 radical (unpaired) electrons. The number of carbonyl (C=O) groups excluding carboxylic acids is 2. The van der Waals surface area contributed by atoms with Crippen LogP contribution in [0.2, 0.25) is 0 Å². The summed E-state index contributed by atoms with van der Waals surface area (Å²) in [5, 5.41) is 36.8. The number of rotatable bonds is 10. The molecule has 3 amide bonds. The summed E-state index contributed by atoms with van der Waals surface area (Å²) in [5.41, 5.74) is 1.90. The van der Waals surface area contributed by atoms with E-state index in [1.165, 1.54) is 18.2 Å². The zero-order chi connectivity index (χ0) is 27.1. The van der Waals surface area contributed by atoms with E-state index in [9.17, 15) is 34.5 Å². The van der Waals surface area contributed by atoms with Gasteiger partial charge in [-0.3, -0.25) is 10.1 Å². The maximum absolute atomic E-state index is 13.0. The number of thiophene rings is 1. The molecule has 1 aromatic heterocycles. The topological polar surface area (TPSA) is 165 Å². The number of aliphatic carboxylic acids is 1. The normalized spacial score (nSPS) is 12.3. The number of hydrogen-bond donors (Lipinski definition) is 6. The number of urea groups is 1. The molecule has 3 rings (SSSR count). The van der Waals surface area contributed by atoms with Crippen LogP contribution in [0.25, 0.3) is 0 Å². The molecular formula is C26H27N3O7S. The zero-order valence-corrected chi connectivity index (χ0v) is 21.0. The van der Waals surface area contributed by atoms with E-state index >= 15 is 0 Å². The van der Waals surface area contributed by atoms with Crippen molar-refractivity contribution in [2.45, 2.75) is 38.8 Å². The molecule has 1 heterocycles. The van der Waals surface area contributed by atoms with E-state index in [0.717, 1.165) is 22.5 Å². The van der Waals surface area contributed by atoms with Gasteiger partial charge in [0.15, 0.2) is 6.10 Å². The smallest absolute Gasteiger partial charge is 0.338 e. The average Bonchev–Trinajstić information content (AvgIpc) is 3.23. The van der Waals surface area contributed by atoms with Crippen LogP contribution in [0, 0.1) is 6.92 Å². The van der Waals surface area contributed by atoms with Crippen molar-refractivity contribution < 1.29 is 34.5 Å². The van der Waals surface area contributed by atoms with Crippen LogP contribution in [0.5, 0.6) is 0 Å². The van der Waals surface area contributed by atoms with Crippen molar-refractivity contribution >= 4 is 45.9 Å². The first-order chi connectivity index (χ1) is 17.6. The van der Waals surface area contributed by atoms with Crippen molar-refractivity contribution in [2.75, 3.05) is 10.6 Å². The van der Waals surface area contributed by atoms with Gasteiger partial charge >= 0.3 is 18.0 Å². The first-order valence-electron chi connectivity index (χ1n) is 11.4. The minimum absolute atomic E-state index is 0.0251. The standard InChI is InChI=1S/C26H27N3O7S/c1-3-16-9-10-17(13-19(16)28-26(36)29-23-18(24(32)33)11-14(2)37-23)22(31)27-20(21(30)25(34)35)12-15-7-5-4-6-8-15/h4-11,13,20-21,30H,3,12H2,1-2H3,(H,27,31)(H,32,33)(H,34,35)(H2,28,29,36)/t20-,21-/m1/s1. The van der Waals surface area contributed by atoms with Crippen molar-refractivity contribution in [3.63, 3.8) is 0 Å². The highest BCUT2D eigenvalue weighted by Gasteiger charge is 2.28. The number of anilines is 2. The Hall–Kier alpha value is -4.22. The molecule has 10 nitrogen and oxygen atoms in total. The number of aliphatic hydroxyl groups excluding tert-OH is 1. The lowest BCUT2D eigenvalue weighted by Gasteiger charge is -2.22. The van der Waals surface area contributed by atoms with E-state index in [1.54, 1.807) is 43.3 Å². The molecule has 0 unspecified atom stereocenters. The molecule has 194 valence electrons. The number of carbonyl (C=O) groups is 4. The Labute approximate surface area is 217 Å². The molecule has 0 saturated heterocycles. The van der Waals surface area contributed by atoms with Crippen LogP contribution in [-0.4, -0.2) is 51.3 Å². The Morgan fingerprint density at radius 1 is 0.973 bits per heavy atom. The van der Waals surface area contributed by atoms with E-state index in [4.69, 9.17) is 0 Å². The second-order valence-corrected chi connectivity index (χ2v) is 9.52. The van der Waals surface area contributed by atoms with E-state index in [0.29, 0.717) is 17.0 Å². The number of carboxylic acid groups (broad SMARTS) is 2. The quantitative estimate of drug-likeness (QED) is 0.235. The second kappa shape index (κ2) is 12.2. The highest BCUT2D eigenvalue weighted by atomic mass is 32.1. The molecule has 0 saturated carbocycles. The third-order valence-electron chi connectivity index (χ3n) is 5.56. The molecule has 2 aromatic carbocycles. The van der Waals surface area contributed by atoms with E-state index in [2.05, 4.69) is 16.0 Å². The Morgan fingerprint density at radius 2 is 1.68 bits per heavy atom. The van der Waals surface area contributed by atoms with Crippen LogP contribution >= 0.6 is 11.3 Å². The van der Waals surface area contributed by atoms with Crippen molar-refractivity contribution in [1.29, 1.82) is 0 Å². The summed E-state index contributed by atoms with van der Waals surface area (Å²) in [4.78, 5) is 49.2. The lowest BCUT2D eigenvalue weighted by molar-refractivity contribution is -0.148. The van der Waals surface area contributed by atoms with Crippen LogP contribution in [-0.2, 0) is 17.6 Å². The van der Waals surface area contributed by atoms with E-state index < -0.39 is 36.0 Å². The highest BCUT2D eigenvalue weighted by molar-refractivity contribution is 7.16. The van der Waals surface area contributed by atoms with Crippen molar-refractivity contribution in [3.05, 3.63) is 81.7 Å². The number of aryl methyl sites for hydroxylation is 2. The molecule has 37 heavy (non-hydrogen) atoms. The SMILES string of the molecule is CCc1ccc(C(=O)N[C@H](Cc2ccccc2)[C@@H](O)C(=O)O)cc1NC(=O)Nc1sc(C)cc1C(=O)O. The fourth-order valence-corrected chi connectivity index (χ4v) is 4.60. The summed E-state index contributed by atoms with van der Waals surface area (Å²) in [7, 11) is 0. The number of amides is 3. The van der Waals surface area contributed by atoms with Gasteiger partial charge in [0.25, 0.3) is 5.91 Å². The number of aromatic carboxylic acids is 1. The predicted molar refractivity (Wildman–Crippen MR) is 140 cm³/mol. The minimum atomic E-state index is -1.83. The molecule has 2 atom stereocenters. The fourth-order valence-electron chi connectivity index (χ4n) is 3.70. The summed E-state index contributed by atoms with van der Waals surface area (Å²) in [6.07, 6.45) is -1.21. The highest BCUT2D eigenvalue weighted by Crippen LogP contribution is 2.28. The maximum atomic E-state index is 13.0. The lowest BCUT2D eigenvalue weighted by Crippen LogP contribution is -2.48. The van der Waals surface area contributed by atoms with Crippen molar-refractivity contribution in [2.24, 2.45) is 0 Å². The number of hydrogen-bond acceptors (Lipinski definition) is 6. The molecule has 0 aliphatic carbocycles.